The Hall–Kier alpha value is -4.05. The van der Waals surface area contributed by atoms with E-state index in [1.165, 1.54) is 92.6 Å². The number of benzene rings is 4. The molecule has 1 fully saturated rings. The Morgan fingerprint density at radius 1 is 0.784 bits per heavy atom. The minimum Gasteiger partial charge on any atom is -0.512 e. The second-order valence-electron chi connectivity index (χ2n) is 14.1. The summed E-state index contributed by atoms with van der Waals surface area (Å²) in [6, 6.07) is 32.6. The topological polar surface area (TPSA) is 54.6 Å². The third-order valence-corrected chi connectivity index (χ3v) is 11.3. The molecule has 1 saturated carbocycles. The Morgan fingerprint density at radius 2 is 1.39 bits per heavy atom. The third kappa shape index (κ3) is 6.84. The fraction of sp³-hybridized carbons (Fsp3) is 0.348. The number of aliphatic hydroxyl groups is 1. The van der Waals surface area contributed by atoms with Crippen LogP contribution in [0.15, 0.2) is 96.9 Å². The van der Waals surface area contributed by atoms with E-state index in [1.807, 2.05) is 33.9 Å². The van der Waals surface area contributed by atoms with E-state index in [1.54, 1.807) is 0 Å². The Bertz CT molecular complexity index is 2300. The van der Waals surface area contributed by atoms with Crippen LogP contribution in [0.5, 0.6) is 0 Å². The fourth-order valence-electron chi connectivity index (χ4n) is 8.48. The fourth-order valence-corrected chi connectivity index (χ4v) is 8.48. The van der Waals surface area contributed by atoms with Crippen LogP contribution in [0.3, 0.4) is 0 Å². The molecule has 51 heavy (non-hydrogen) atoms. The number of nitrogens with zero attached hydrogens (tertiary/aromatic N) is 2. The number of para-hydroxylation sites is 2. The molecule has 1 N–H and O–H groups in total. The zero-order valence-electron chi connectivity index (χ0n) is 30.3. The first-order valence-electron chi connectivity index (χ1n) is 18.9. The molecule has 7 aromatic rings. The van der Waals surface area contributed by atoms with Gasteiger partial charge in [-0.3, -0.25) is 9.78 Å². The molecular weight excluding hydrogens is 805 g/mol. The van der Waals surface area contributed by atoms with Crippen molar-refractivity contribution in [1.29, 1.82) is 0 Å². The van der Waals surface area contributed by atoms with Crippen LogP contribution >= 0.6 is 0 Å². The van der Waals surface area contributed by atoms with Crippen molar-refractivity contribution in [1.82, 2.24) is 9.38 Å². The van der Waals surface area contributed by atoms with Crippen molar-refractivity contribution in [2.45, 2.75) is 91.4 Å². The number of allylic oxidation sites excluding steroid dienone is 2. The molecule has 1 aliphatic carbocycles. The minimum atomic E-state index is 0. The van der Waals surface area contributed by atoms with Gasteiger partial charge in [-0.2, -0.15) is 0 Å². The SMILES string of the molecule is CCC(CC)C(=O)/C=C(\O)C(CC)CC.[Ir].[c-]1c(-c2nccc3c4cccc5c6ccccc6n(c23)c54)cc(C2CCCCC2)c2ccccc12. The van der Waals surface area contributed by atoms with Crippen molar-refractivity contribution in [2.75, 3.05) is 0 Å². The van der Waals surface area contributed by atoms with Crippen molar-refractivity contribution >= 4 is 54.7 Å². The first-order valence-corrected chi connectivity index (χ1v) is 18.9. The molecule has 1 aliphatic rings. The van der Waals surface area contributed by atoms with Crippen LogP contribution in [0.1, 0.15) is 97.0 Å². The molecule has 0 bridgehead atoms. The Kier molecular flexibility index (Phi) is 11.6. The molecule has 0 unspecified atom stereocenters. The summed E-state index contributed by atoms with van der Waals surface area (Å²) in [7, 11) is 0. The smallest absolute Gasteiger partial charge is 0.162 e. The predicted molar refractivity (Wildman–Crippen MR) is 210 cm³/mol. The Labute approximate surface area is 315 Å². The molecular formula is C46H49IrN2O2-. The van der Waals surface area contributed by atoms with E-state index < -0.39 is 0 Å². The van der Waals surface area contributed by atoms with Crippen molar-refractivity contribution < 1.29 is 30.0 Å². The van der Waals surface area contributed by atoms with Crippen molar-refractivity contribution in [3.63, 3.8) is 0 Å². The van der Waals surface area contributed by atoms with E-state index in [0.717, 1.165) is 36.9 Å². The largest absolute Gasteiger partial charge is 0.512 e. The van der Waals surface area contributed by atoms with Gasteiger partial charge in [0, 0.05) is 77.0 Å². The molecule has 3 heterocycles. The van der Waals surface area contributed by atoms with Crippen molar-refractivity contribution in [3.8, 4) is 11.3 Å². The first kappa shape index (κ1) is 36.7. The van der Waals surface area contributed by atoms with E-state index in [0.29, 0.717) is 5.92 Å². The minimum absolute atomic E-state index is 0. The average molecular weight is 854 g/mol. The van der Waals surface area contributed by atoms with E-state index in [2.05, 4.69) is 89.3 Å². The van der Waals surface area contributed by atoms with Crippen LogP contribution in [0, 0.1) is 17.9 Å². The zero-order valence-corrected chi connectivity index (χ0v) is 32.7. The van der Waals surface area contributed by atoms with Gasteiger partial charge < -0.3 is 9.51 Å². The number of ketones is 1. The van der Waals surface area contributed by atoms with Gasteiger partial charge in [0.1, 0.15) is 0 Å². The molecule has 1 radical (unpaired) electrons. The summed E-state index contributed by atoms with van der Waals surface area (Å²) in [5, 5.41) is 17.5. The monoisotopic (exact) mass is 854 g/mol. The van der Waals surface area contributed by atoms with Crippen LogP contribution in [-0.2, 0) is 24.9 Å². The van der Waals surface area contributed by atoms with Gasteiger partial charge in [-0.25, -0.2) is 0 Å². The molecule has 265 valence electrons. The normalized spacial score (nSPS) is 14.2. The summed E-state index contributed by atoms with van der Waals surface area (Å²) < 4.78 is 2.45. The zero-order chi connectivity index (χ0) is 34.8. The maximum atomic E-state index is 11.7. The van der Waals surface area contributed by atoms with E-state index in [9.17, 15) is 9.90 Å². The van der Waals surface area contributed by atoms with E-state index in [4.69, 9.17) is 4.98 Å². The van der Waals surface area contributed by atoms with Crippen LogP contribution in [0.4, 0.5) is 0 Å². The maximum Gasteiger partial charge on any atom is 0.162 e. The molecule has 0 atom stereocenters. The Balaban J connectivity index is 0.000000241. The van der Waals surface area contributed by atoms with Crippen LogP contribution in [0.2, 0.25) is 0 Å². The molecule has 5 heteroatoms. The number of rotatable bonds is 9. The molecule has 0 amide bonds. The summed E-state index contributed by atoms with van der Waals surface area (Å²) in [4.78, 5) is 16.7. The van der Waals surface area contributed by atoms with Crippen LogP contribution in [-0.4, -0.2) is 20.3 Å². The van der Waals surface area contributed by atoms with Gasteiger partial charge in [-0.15, -0.1) is 29.1 Å². The Morgan fingerprint density at radius 3 is 2.10 bits per heavy atom. The molecule has 8 rings (SSSR count). The molecule has 0 spiro atoms. The number of aliphatic hydroxyl groups excluding tert-OH is 1. The number of fused-ring (bicyclic) bond motifs is 7. The first-order chi connectivity index (χ1) is 24.5. The average Bonchev–Trinajstić information content (AvgIpc) is 3.68. The third-order valence-electron chi connectivity index (χ3n) is 11.3. The van der Waals surface area contributed by atoms with Crippen molar-refractivity contribution in [2.24, 2.45) is 11.8 Å². The second kappa shape index (κ2) is 16.1. The maximum absolute atomic E-state index is 11.7. The van der Waals surface area contributed by atoms with Gasteiger partial charge in [-0.05, 0) is 56.6 Å². The van der Waals surface area contributed by atoms with Crippen LogP contribution < -0.4 is 0 Å². The number of pyridine rings is 1. The summed E-state index contributed by atoms with van der Waals surface area (Å²) in [5.74, 6) is 1.17. The number of hydrogen-bond acceptors (Lipinski definition) is 3. The molecule has 4 nitrogen and oxygen atoms in total. The van der Waals surface area contributed by atoms with E-state index >= 15 is 0 Å². The van der Waals surface area contributed by atoms with Gasteiger partial charge in [0.25, 0.3) is 0 Å². The van der Waals surface area contributed by atoms with Gasteiger partial charge >= 0.3 is 0 Å². The number of carbonyl (C=O) groups is 1. The van der Waals surface area contributed by atoms with Gasteiger partial charge in [0.05, 0.1) is 16.8 Å². The molecule has 4 aromatic carbocycles. The van der Waals surface area contributed by atoms with Gasteiger partial charge in [0.2, 0.25) is 0 Å². The molecule has 0 saturated heterocycles. The summed E-state index contributed by atoms with van der Waals surface area (Å²) >= 11 is 0. The molecule has 0 aliphatic heterocycles. The quantitative estimate of drug-likeness (QED) is 0.0894. The number of aromatic nitrogens is 2. The van der Waals surface area contributed by atoms with Crippen LogP contribution in [0.25, 0.3) is 60.1 Å². The summed E-state index contributed by atoms with van der Waals surface area (Å²) in [5.41, 5.74) is 7.36. The van der Waals surface area contributed by atoms with Gasteiger partial charge in [-0.1, -0.05) is 113 Å². The number of hydrogen-bond donors (Lipinski definition) is 1. The predicted octanol–water partition coefficient (Wildman–Crippen LogP) is 12.8. The van der Waals surface area contributed by atoms with Gasteiger partial charge in [0.15, 0.2) is 5.78 Å². The standard InChI is InChI=1S/C33H25N2.C13H24O2.Ir/c1-2-9-21(10-3-1)29-20-23(19-22-11-4-5-12-24(22)29)31-33-28(17-18-34-31)27-15-8-14-26-25-13-6-7-16-30(25)35(33)32(26)27;1-5-10(6-2)12(14)9-13(15)11(7-3)8-4;/h4-8,11-18,20-21H,1-3,9-10H2;9-11,14H,5-8H2,1-4H3;/q-1;;/b;12-9-;. The summed E-state index contributed by atoms with van der Waals surface area (Å²) in [6.07, 6.45) is 13.5. The van der Waals surface area contributed by atoms with Crippen molar-refractivity contribution in [3.05, 3.63) is 109 Å². The second-order valence-corrected chi connectivity index (χ2v) is 14.1. The molecule has 3 aromatic heterocycles. The number of carbonyl (C=O) groups excluding carboxylic acids is 1. The van der Waals surface area contributed by atoms with E-state index in [-0.39, 0.29) is 43.5 Å². The summed E-state index contributed by atoms with van der Waals surface area (Å²) in [6.45, 7) is 8.07.